The summed E-state index contributed by atoms with van der Waals surface area (Å²) in [7, 11) is 0. The topological polar surface area (TPSA) is 70.8 Å². The summed E-state index contributed by atoms with van der Waals surface area (Å²) < 4.78 is 91.4. The lowest BCUT2D eigenvalue weighted by Crippen LogP contribution is -2.33. The molecule has 1 unspecified atom stereocenters. The van der Waals surface area contributed by atoms with Crippen LogP contribution in [0.25, 0.3) is 11.1 Å². The standard InChI is InChI=1S/C24H19F6NO4/c1-22(14-33-21(31)32,16-9-5-10-17(13-16)34-23(25,26)27)18-11-6-12-19(35-24(28,29)30)20(18)15-7-3-2-4-8-15/h2-13H,14H2,1H3,(H2,31,32). The molecule has 0 heterocycles. The molecule has 0 aliphatic rings. The van der Waals surface area contributed by atoms with Gasteiger partial charge in [0, 0.05) is 5.56 Å². The number of rotatable bonds is 7. The highest BCUT2D eigenvalue weighted by atomic mass is 19.4. The average Bonchev–Trinajstić information content (AvgIpc) is 2.76. The molecule has 2 N–H and O–H groups in total. The number of ether oxygens (including phenoxy) is 3. The second-order valence-corrected chi connectivity index (χ2v) is 7.61. The molecule has 1 amide bonds. The van der Waals surface area contributed by atoms with Crippen LogP contribution in [0.5, 0.6) is 11.5 Å². The molecule has 35 heavy (non-hydrogen) atoms. The van der Waals surface area contributed by atoms with Gasteiger partial charge in [-0.2, -0.15) is 0 Å². The number of benzene rings is 3. The van der Waals surface area contributed by atoms with Gasteiger partial charge in [-0.05, 0) is 41.8 Å². The first kappa shape index (κ1) is 25.7. The van der Waals surface area contributed by atoms with E-state index in [1.54, 1.807) is 30.3 Å². The number of amides is 1. The Hall–Kier alpha value is -3.89. The first-order chi connectivity index (χ1) is 16.3. The molecule has 0 aromatic heterocycles. The molecule has 0 radical (unpaired) electrons. The van der Waals surface area contributed by atoms with E-state index in [4.69, 9.17) is 10.5 Å². The number of alkyl halides is 6. The van der Waals surface area contributed by atoms with Crippen LogP contribution in [0.3, 0.4) is 0 Å². The van der Waals surface area contributed by atoms with Gasteiger partial charge < -0.3 is 19.9 Å². The van der Waals surface area contributed by atoms with Gasteiger partial charge in [0.2, 0.25) is 0 Å². The normalized spacial score (nSPS) is 13.6. The second-order valence-electron chi connectivity index (χ2n) is 7.61. The van der Waals surface area contributed by atoms with E-state index in [9.17, 15) is 31.1 Å². The molecule has 0 aliphatic carbocycles. The van der Waals surface area contributed by atoms with Crippen LogP contribution in [0.1, 0.15) is 18.1 Å². The maximum absolute atomic E-state index is 13.2. The number of halogens is 6. The SMILES string of the molecule is CC(COC(N)=O)(c1cccc(OC(F)(F)F)c1)c1cccc(OC(F)(F)F)c1-c1ccccc1. The summed E-state index contributed by atoms with van der Waals surface area (Å²) in [6.45, 7) is 0.981. The second kappa shape index (κ2) is 9.77. The van der Waals surface area contributed by atoms with Gasteiger partial charge in [-0.15, -0.1) is 26.3 Å². The number of nitrogens with two attached hydrogens (primary N) is 1. The molecule has 0 bridgehead atoms. The van der Waals surface area contributed by atoms with Gasteiger partial charge in [0.15, 0.2) is 0 Å². The molecule has 0 fully saturated rings. The Bertz CT molecular complexity index is 1180. The molecular weight excluding hydrogens is 480 g/mol. The molecule has 0 aliphatic heterocycles. The van der Waals surface area contributed by atoms with Crippen LogP contribution in [-0.4, -0.2) is 25.4 Å². The van der Waals surface area contributed by atoms with E-state index >= 15 is 0 Å². The van der Waals surface area contributed by atoms with Crippen LogP contribution >= 0.6 is 0 Å². The van der Waals surface area contributed by atoms with Gasteiger partial charge in [0.25, 0.3) is 0 Å². The Morgan fingerprint density at radius 1 is 0.829 bits per heavy atom. The van der Waals surface area contributed by atoms with Crippen LogP contribution in [0.2, 0.25) is 0 Å². The lowest BCUT2D eigenvalue weighted by molar-refractivity contribution is -0.275. The van der Waals surface area contributed by atoms with Crippen molar-refractivity contribution < 1.29 is 45.3 Å². The molecule has 11 heteroatoms. The van der Waals surface area contributed by atoms with Crippen molar-refractivity contribution in [2.24, 2.45) is 5.73 Å². The molecule has 3 rings (SSSR count). The van der Waals surface area contributed by atoms with Crippen LogP contribution in [0.4, 0.5) is 31.1 Å². The summed E-state index contributed by atoms with van der Waals surface area (Å²) in [5.74, 6) is -1.11. The summed E-state index contributed by atoms with van der Waals surface area (Å²) in [6.07, 6.45) is -11.2. The van der Waals surface area contributed by atoms with Gasteiger partial charge in [-0.3, -0.25) is 0 Å². The molecule has 5 nitrogen and oxygen atoms in total. The van der Waals surface area contributed by atoms with Gasteiger partial charge >= 0.3 is 18.8 Å². The summed E-state index contributed by atoms with van der Waals surface area (Å²) >= 11 is 0. The Balaban J connectivity index is 2.28. The van der Waals surface area contributed by atoms with Crippen molar-refractivity contribution in [2.45, 2.75) is 25.1 Å². The van der Waals surface area contributed by atoms with E-state index in [1.165, 1.54) is 31.2 Å². The number of carbonyl (C=O) groups excluding carboxylic acids is 1. The van der Waals surface area contributed by atoms with E-state index in [0.29, 0.717) is 5.56 Å². The smallest absolute Gasteiger partial charge is 0.448 e. The molecule has 3 aromatic rings. The summed E-state index contributed by atoms with van der Waals surface area (Å²) in [4.78, 5) is 11.4. The Labute approximate surface area is 196 Å². The Morgan fingerprint density at radius 2 is 1.46 bits per heavy atom. The van der Waals surface area contributed by atoms with E-state index in [1.807, 2.05) is 0 Å². The van der Waals surface area contributed by atoms with E-state index in [2.05, 4.69) is 9.47 Å². The molecule has 1 atom stereocenters. The third kappa shape index (κ3) is 6.58. The van der Waals surface area contributed by atoms with Crippen molar-refractivity contribution in [1.82, 2.24) is 0 Å². The largest absolute Gasteiger partial charge is 0.573 e. The average molecular weight is 499 g/mol. The molecule has 186 valence electrons. The van der Waals surface area contributed by atoms with E-state index in [-0.39, 0.29) is 16.7 Å². The Morgan fingerprint density at radius 3 is 2.06 bits per heavy atom. The predicted molar refractivity (Wildman–Crippen MR) is 114 cm³/mol. The monoisotopic (exact) mass is 499 g/mol. The fourth-order valence-corrected chi connectivity index (χ4v) is 3.67. The predicted octanol–water partition coefficient (Wildman–Crippen LogP) is 6.55. The van der Waals surface area contributed by atoms with Crippen molar-refractivity contribution >= 4 is 6.09 Å². The van der Waals surface area contributed by atoms with Gasteiger partial charge in [-0.25, -0.2) is 4.79 Å². The summed E-state index contributed by atoms with van der Waals surface area (Å²) in [5, 5.41) is 0. The van der Waals surface area contributed by atoms with Crippen molar-refractivity contribution in [3.8, 4) is 22.6 Å². The number of primary amides is 1. The van der Waals surface area contributed by atoms with Crippen LogP contribution < -0.4 is 15.2 Å². The molecular formula is C24H19F6NO4. The fraction of sp³-hybridized carbons (Fsp3) is 0.208. The third-order valence-corrected chi connectivity index (χ3v) is 5.12. The third-order valence-electron chi connectivity index (χ3n) is 5.12. The molecule has 0 spiro atoms. The lowest BCUT2D eigenvalue weighted by atomic mass is 9.73. The zero-order valence-corrected chi connectivity index (χ0v) is 18.1. The van der Waals surface area contributed by atoms with E-state index in [0.717, 1.165) is 18.2 Å². The highest BCUT2D eigenvalue weighted by Crippen LogP contribution is 2.45. The van der Waals surface area contributed by atoms with Crippen LogP contribution in [0, 0.1) is 0 Å². The van der Waals surface area contributed by atoms with Crippen molar-refractivity contribution in [3.05, 3.63) is 83.9 Å². The number of carbonyl (C=O) groups is 1. The first-order valence-corrected chi connectivity index (χ1v) is 10.0. The zero-order chi connectivity index (χ0) is 25.9. The fourth-order valence-electron chi connectivity index (χ4n) is 3.67. The maximum Gasteiger partial charge on any atom is 0.573 e. The van der Waals surface area contributed by atoms with Crippen molar-refractivity contribution in [1.29, 1.82) is 0 Å². The van der Waals surface area contributed by atoms with Crippen molar-refractivity contribution in [2.75, 3.05) is 6.61 Å². The summed E-state index contributed by atoms with van der Waals surface area (Å²) in [5.41, 5.74) is 4.31. The van der Waals surface area contributed by atoms with Crippen LogP contribution in [-0.2, 0) is 10.2 Å². The van der Waals surface area contributed by atoms with Gasteiger partial charge in [0.1, 0.15) is 18.1 Å². The quantitative estimate of drug-likeness (QED) is 0.374. The molecule has 3 aromatic carbocycles. The lowest BCUT2D eigenvalue weighted by Gasteiger charge is -2.33. The zero-order valence-electron chi connectivity index (χ0n) is 18.1. The van der Waals surface area contributed by atoms with Gasteiger partial charge in [-0.1, -0.05) is 54.6 Å². The Kier molecular flexibility index (Phi) is 7.18. The minimum atomic E-state index is -5.03. The van der Waals surface area contributed by atoms with Crippen molar-refractivity contribution in [3.63, 3.8) is 0 Å². The number of hydrogen-bond donors (Lipinski definition) is 1. The maximum atomic E-state index is 13.2. The minimum Gasteiger partial charge on any atom is -0.448 e. The minimum absolute atomic E-state index is 0.00291. The first-order valence-electron chi connectivity index (χ1n) is 10.0. The molecule has 0 saturated carbocycles. The molecule has 0 saturated heterocycles. The van der Waals surface area contributed by atoms with Crippen LogP contribution in [0.15, 0.2) is 72.8 Å². The number of hydrogen-bond acceptors (Lipinski definition) is 4. The summed E-state index contributed by atoms with van der Waals surface area (Å²) in [6, 6.07) is 16.6. The highest BCUT2D eigenvalue weighted by Gasteiger charge is 2.38. The van der Waals surface area contributed by atoms with E-state index < -0.39 is 42.3 Å². The van der Waals surface area contributed by atoms with Gasteiger partial charge in [0.05, 0.1) is 5.41 Å². The highest BCUT2D eigenvalue weighted by molar-refractivity contribution is 5.76.